The number of aryl methyl sites for hydroxylation is 1. The van der Waals surface area contributed by atoms with E-state index in [2.05, 4.69) is 50.4 Å². The Morgan fingerprint density at radius 1 is 1.18 bits per heavy atom. The van der Waals surface area contributed by atoms with Gasteiger partial charge in [0, 0.05) is 10.9 Å². The fourth-order valence-corrected chi connectivity index (χ4v) is 2.95. The molecule has 0 aromatic heterocycles. The Kier molecular flexibility index (Phi) is 6.03. The summed E-state index contributed by atoms with van der Waals surface area (Å²) in [5, 5.41) is 13.2. The molecule has 0 saturated carbocycles. The highest BCUT2D eigenvalue weighted by Crippen LogP contribution is 2.25. The normalized spacial score (nSPS) is 14.9. The highest BCUT2D eigenvalue weighted by atomic mass is 32.2. The van der Waals surface area contributed by atoms with Crippen LogP contribution in [0.1, 0.15) is 32.8 Å². The van der Waals surface area contributed by atoms with Crippen molar-refractivity contribution in [1.82, 2.24) is 5.32 Å². The third-order valence-corrected chi connectivity index (χ3v) is 3.53. The van der Waals surface area contributed by atoms with Crippen LogP contribution >= 0.6 is 11.8 Å². The molecule has 0 amide bonds. The Hall–Kier alpha value is -0.510. The molecule has 0 spiro atoms. The second-order valence-electron chi connectivity index (χ2n) is 4.83. The molecule has 2 atom stereocenters. The minimum atomic E-state index is -0.274. The van der Waals surface area contributed by atoms with E-state index in [0.717, 1.165) is 6.42 Å². The topological polar surface area (TPSA) is 32.3 Å². The van der Waals surface area contributed by atoms with Gasteiger partial charge in [-0.05, 0) is 46.2 Å². The van der Waals surface area contributed by atoms with Gasteiger partial charge in [0.1, 0.15) is 0 Å². The maximum atomic E-state index is 9.50. The molecule has 0 heterocycles. The number of benzene rings is 1. The van der Waals surface area contributed by atoms with Crippen molar-refractivity contribution in [1.29, 1.82) is 0 Å². The van der Waals surface area contributed by atoms with E-state index in [0.29, 0.717) is 6.04 Å². The highest BCUT2D eigenvalue weighted by molar-refractivity contribution is 7.99. The molecule has 0 aliphatic heterocycles. The fourth-order valence-electron chi connectivity index (χ4n) is 1.61. The molecule has 96 valence electrons. The first kappa shape index (κ1) is 14.6. The number of aliphatic hydroxyl groups is 1. The molecule has 2 unspecified atom stereocenters. The van der Waals surface area contributed by atoms with Gasteiger partial charge in [0.25, 0.3) is 0 Å². The zero-order valence-corrected chi connectivity index (χ0v) is 11.9. The number of thioether (sulfide) groups is 1. The second-order valence-corrected chi connectivity index (χ2v) is 6.10. The smallest absolute Gasteiger partial charge is 0.0606 e. The van der Waals surface area contributed by atoms with Crippen LogP contribution in [0, 0.1) is 6.92 Å². The molecule has 0 aliphatic carbocycles. The monoisotopic (exact) mass is 253 g/mol. The summed E-state index contributed by atoms with van der Waals surface area (Å²) < 4.78 is 0. The van der Waals surface area contributed by atoms with Gasteiger partial charge in [0.2, 0.25) is 0 Å². The molecule has 0 saturated heterocycles. The van der Waals surface area contributed by atoms with Crippen molar-refractivity contribution in [3.8, 4) is 0 Å². The van der Waals surface area contributed by atoms with E-state index in [4.69, 9.17) is 0 Å². The zero-order chi connectivity index (χ0) is 12.8. The highest BCUT2D eigenvalue weighted by Gasteiger charge is 2.14. The summed E-state index contributed by atoms with van der Waals surface area (Å²) >= 11 is 1.78. The van der Waals surface area contributed by atoms with Crippen LogP contribution in [-0.2, 0) is 0 Å². The van der Waals surface area contributed by atoms with Gasteiger partial charge >= 0.3 is 0 Å². The average molecular weight is 253 g/mol. The summed E-state index contributed by atoms with van der Waals surface area (Å²) in [6.07, 6.45) is 0.487. The van der Waals surface area contributed by atoms with E-state index < -0.39 is 0 Å². The summed E-state index contributed by atoms with van der Waals surface area (Å²) in [5.41, 5.74) is 1.28. The largest absolute Gasteiger partial charge is 0.393 e. The first-order valence-electron chi connectivity index (χ1n) is 6.15. The second kappa shape index (κ2) is 7.04. The Bertz CT molecular complexity index is 311. The molecule has 17 heavy (non-hydrogen) atoms. The Morgan fingerprint density at radius 2 is 1.76 bits per heavy atom. The first-order chi connectivity index (χ1) is 7.97. The lowest BCUT2D eigenvalue weighted by molar-refractivity contribution is 0.179. The minimum absolute atomic E-state index is 0.262. The van der Waals surface area contributed by atoms with E-state index in [9.17, 15) is 5.11 Å². The van der Waals surface area contributed by atoms with Gasteiger partial charge in [-0.2, -0.15) is 0 Å². The van der Waals surface area contributed by atoms with Crippen LogP contribution in [-0.4, -0.2) is 22.6 Å². The molecule has 0 bridgehead atoms. The van der Waals surface area contributed by atoms with Crippen molar-refractivity contribution in [2.45, 2.75) is 56.5 Å². The van der Waals surface area contributed by atoms with Gasteiger partial charge in [-0.25, -0.2) is 0 Å². The van der Waals surface area contributed by atoms with Crippen LogP contribution < -0.4 is 5.32 Å². The Morgan fingerprint density at radius 3 is 2.24 bits per heavy atom. The summed E-state index contributed by atoms with van der Waals surface area (Å²) in [6, 6.07) is 8.94. The van der Waals surface area contributed by atoms with E-state index >= 15 is 0 Å². The molecule has 1 rings (SSSR count). The van der Waals surface area contributed by atoms with Crippen LogP contribution in [0.2, 0.25) is 0 Å². The predicted octanol–water partition coefficient (Wildman–Crippen LogP) is 3.18. The van der Waals surface area contributed by atoms with Crippen LogP contribution in [0.25, 0.3) is 0 Å². The van der Waals surface area contributed by atoms with Gasteiger partial charge < -0.3 is 10.4 Å². The molecule has 0 radical (unpaired) electrons. The first-order valence-corrected chi connectivity index (χ1v) is 7.02. The number of hydrogen-bond donors (Lipinski definition) is 2. The van der Waals surface area contributed by atoms with Gasteiger partial charge in [0.15, 0.2) is 0 Å². The molecule has 2 nitrogen and oxygen atoms in total. The average Bonchev–Trinajstić information content (AvgIpc) is 2.19. The SMILES string of the molecule is Cc1ccc(SC(CC(C)O)NC(C)C)cc1. The van der Waals surface area contributed by atoms with Gasteiger partial charge in [-0.3, -0.25) is 0 Å². The zero-order valence-electron chi connectivity index (χ0n) is 11.1. The molecule has 2 N–H and O–H groups in total. The maximum Gasteiger partial charge on any atom is 0.0606 e. The lowest BCUT2D eigenvalue weighted by Gasteiger charge is -2.22. The maximum absolute atomic E-state index is 9.50. The Labute approximate surface area is 109 Å². The summed E-state index contributed by atoms with van der Waals surface area (Å²) in [7, 11) is 0. The Balaban J connectivity index is 2.61. The third kappa shape index (κ3) is 6.10. The van der Waals surface area contributed by atoms with Crippen molar-refractivity contribution in [3.63, 3.8) is 0 Å². The van der Waals surface area contributed by atoms with Crippen molar-refractivity contribution in [2.75, 3.05) is 0 Å². The standard InChI is InChI=1S/C14H23NOS/c1-10(2)15-14(9-12(4)16)17-13-7-5-11(3)6-8-13/h5-8,10,12,14-16H,9H2,1-4H3. The van der Waals surface area contributed by atoms with Gasteiger partial charge in [-0.1, -0.05) is 17.7 Å². The number of hydrogen-bond acceptors (Lipinski definition) is 3. The van der Waals surface area contributed by atoms with Crippen molar-refractivity contribution < 1.29 is 5.11 Å². The molecule has 0 fully saturated rings. The number of aliphatic hydroxyl groups excluding tert-OH is 1. The predicted molar refractivity (Wildman–Crippen MR) is 75.4 cm³/mol. The van der Waals surface area contributed by atoms with Gasteiger partial charge in [-0.15, -0.1) is 11.8 Å². The van der Waals surface area contributed by atoms with Crippen molar-refractivity contribution >= 4 is 11.8 Å². The fraction of sp³-hybridized carbons (Fsp3) is 0.571. The molecule has 0 aliphatic rings. The van der Waals surface area contributed by atoms with Crippen LogP contribution in [0.5, 0.6) is 0 Å². The number of rotatable bonds is 6. The van der Waals surface area contributed by atoms with Crippen LogP contribution in [0.3, 0.4) is 0 Å². The molecular formula is C14H23NOS. The lowest BCUT2D eigenvalue weighted by atomic mass is 10.2. The number of nitrogens with one attached hydrogen (secondary N) is 1. The van der Waals surface area contributed by atoms with Crippen molar-refractivity contribution in [2.24, 2.45) is 0 Å². The van der Waals surface area contributed by atoms with Crippen LogP contribution in [0.15, 0.2) is 29.2 Å². The summed E-state index contributed by atoms with van der Waals surface area (Å²) in [5.74, 6) is 0. The quantitative estimate of drug-likeness (QED) is 0.603. The molecule has 1 aromatic carbocycles. The molecule has 3 heteroatoms. The minimum Gasteiger partial charge on any atom is -0.393 e. The van der Waals surface area contributed by atoms with E-state index in [1.807, 2.05) is 6.92 Å². The van der Waals surface area contributed by atoms with Crippen LogP contribution in [0.4, 0.5) is 0 Å². The van der Waals surface area contributed by atoms with E-state index in [1.165, 1.54) is 10.5 Å². The molecular weight excluding hydrogens is 230 g/mol. The summed E-state index contributed by atoms with van der Waals surface area (Å²) in [6.45, 7) is 8.19. The lowest BCUT2D eigenvalue weighted by Crippen LogP contribution is -2.34. The molecule has 1 aromatic rings. The van der Waals surface area contributed by atoms with E-state index in [1.54, 1.807) is 11.8 Å². The van der Waals surface area contributed by atoms with E-state index in [-0.39, 0.29) is 11.5 Å². The summed E-state index contributed by atoms with van der Waals surface area (Å²) in [4.78, 5) is 1.24. The van der Waals surface area contributed by atoms with Crippen molar-refractivity contribution in [3.05, 3.63) is 29.8 Å². The van der Waals surface area contributed by atoms with Gasteiger partial charge in [0.05, 0.1) is 11.5 Å². The third-order valence-electron chi connectivity index (χ3n) is 2.37.